The molecule has 0 radical (unpaired) electrons. The van der Waals surface area contributed by atoms with Crippen LogP contribution in [0.15, 0.2) is 48.5 Å². The molecule has 0 unspecified atom stereocenters. The van der Waals surface area contributed by atoms with Gasteiger partial charge in [0.05, 0.1) is 6.61 Å². The average Bonchev–Trinajstić information content (AvgIpc) is 2.67. The van der Waals surface area contributed by atoms with Gasteiger partial charge < -0.3 is 9.64 Å². The highest BCUT2D eigenvalue weighted by Gasteiger charge is 2.09. The second kappa shape index (κ2) is 9.72. The van der Waals surface area contributed by atoms with Gasteiger partial charge >= 0.3 is 0 Å². The van der Waals surface area contributed by atoms with Gasteiger partial charge in [0.2, 0.25) is 0 Å². The second-order valence-corrected chi connectivity index (χ2v) is 6.53. The molecule has 2 aromatic rings. The Morgan fingerprint density at radius 3 is 2.26 bits per heavy atom. The molecule has 4 heteroatoms. The maximum atomic E-state index is 12.5. The molecule has 0 saturated heterocycles. The van der Waals surface area contributed by atoms with Crippen molar-refractivity contribution in [2.45, 2.75) is 26.7 Å². The summed E-state index contributed by atoms with van der Waals surface area (Å²) < 4.78 is 5.67. The number of carbonyl (C=O) groups excluding carboxylic acids is 2. The van der Waals surface area contributed by atoms with Crippen LogP contribution >= 0.6 is 0 Å². The minimum absolute atomic E-state index is 0.0846. The summed E-state index contributed by atoms with van der Waals surface area (Å²) in [5.41, 5.74) is 3.23. The molecule has 0 saturated carbocycles. The van der Waals surface area contributed by atoms with Gasteiger partial charge in [-0.25, -0.2) is 0 Å². The molecule has 0 atom stereocenters. The molecule has 0 aliphatic rings. The molecule has 2 rings (SSSR count). The molecule has 27 heavy (non-hydrogen) atoms. The van der Waals surface area contributed by atoms with Gasteiger partial charge in [0.25, 0.3) is 5.91 Å². The van der Waals surface area contributed by atoms with E-state index in [0.717, 1.165) is 24.2 Å². The quantitative estimate of drug-likeness (QED) is 0.506. The first-order valence-electron chi connectivity index (χ1n) is 9.26. The number of allylic oxidation sites excluding steroid dienone is 1. The number of hydrogen-bond donors (Lipinski definition) is 0. The number of hydrogen-bond acceptors (Lipinski definition) is 3. The van der Waals surface area contributed by atoms with Gasteiger partial charge in [0, 0.05) is 30.8 Å². The highest BCUT2D eigenvalue weighted by atomic mass is 16.5. The molecule has 0 N–H and O–H groups in total. The van der Waals surface area contributed by atoms with Gasteiger partial charge in [0.1, 0.15) is 5.75 Å². The first-order valence-corrected chi connectivity index (χ1v) is 9.26. The largest absolute Gasteiger partial charge is 0.493 e. The minimum atomic E-state index is -0.109. The Labute approximate surface area is 161 Å². The zero-order valence-electron chi connectivity index (χ0n) is 16.5. The molecule has 142 valence electrons. The molecule has 0 spiro atoms. The Kier molecular flexibility index (Phi) is 7.35. The normalized spacial score (nSPS) is 10.8. The molecule has 0 aliphatic carbocycles. The van der Waals surface area contributed by atoms with Gasteiger partial charge in [-0.15, -0.1) is 0 Å². The van der Waals surface area contributed by atoms with Crippen molar-refractivity contribution in [2.24, 2.45) is 0 Å². The second-order valence-electron chi connectivity index (χ2n) is 6.53. The van der Waals surface area contributed by atoms with Crippen molar-refractivity contribution in [2.75, 3.05) is 20.7 Å². The molecule has 0 bridgehead atoms. The lowest BCUT2D eigenvalue weighted by Crippen LogP contribution is -2.21. The van der Waals surface area contributed by atoms with Crippen molar-refractivity contribution < 1.29 is 14.3 Å². The Balaban J connectivity index is 2.20. The van der Waals surface area contributed by atoms with Crippen molar-refractivity contribution >= 4 is 17.8 Å². The zero-order chi connectivity index (χ0) is 19.8. The van der Waals surface area contributed by atoms with E-state index in [2.05, 4.69) is 19.1 Å². The molecule has 0 aromatic heterocycles. The van der Waals surface area contributed by atoms with Crippen LogP contribution in [0.4, 0.5) is 0 Å². The van der Waals surface area contributed by atoms with E-state index in [1.165, 1.54) is 10.5 Å². The molecule has 1 amide bonds. The topological polar surface area (TPSA) is 46.6 Å². The van der Waals surface area contributed by atoms with Gasteiger partial charge in [-0.1, -0.05) is 31.5 Å². The van der Waals surface area contributed by atoms with E-state index in [-0.39, 0.29) is 11.7 Å². The number of rotatable bonds is 8. The molecule has 0 heterocycles. The summed E-state index contributed by atoms with van der Waals surface area (Å²) in [6, 6.07) is 12.8. The van der Waals surface area contributed by atoms with Crippen LogP contribution in [0.1, 0.15) is 52.1 Å². The SMILES string of the molecule is CCCc1ccc(OCC)c(/C=C/C(=O)c2ccc(C(=O)N(C)C)cc2)c1. The number of nitrogens with zero attached hydrogens (tertiary/aromatic N) is 1. The van der Waals surface area contributed by atoms with E-state index < -0.39 is 0 Å². The van der Waals surface area contributed by atoms with Gasteiger partial charge in [-0.05, 0) is 55.3 Å². The van der Waals surface area contributed by atoms with Crippen molar-refractivity contribution in [1.29, 1.82) is 0 Å². The van der Waals surface area contributed by atoms with Crippen LogP contribution in [0.5, 0.6) is 5.75 Å². The van der Waals surface area contributed by atoms with E-state index in [0.29, 0.717) is 17.7 Å². The predicted molar refractivity (Wildman–Crippen MR) is 109 cm³/mol. The van der Waals surface area contributed by atoms with Gasteiger partial charge in [-0.3, -0.25) is 9.59 Å². The van der Waals surface area contributed by atoms with Crippen molar-refractivity contribution in [1.82, 2.24) is 4.90 Å². The summed E-state index contributed by atoms with van der Waals surface area (Å²) in [6.07, 6.45) is 5.40. The zero-order valence-corrected chi connectivity index (χ0v) is 16.5. The summed E-state index contributed by atoms with van der Waals surface area (Å²) in [6.45, 7) is 4.65. The van der Waals surface area contributed by atoms with Crippen LogP contribution in [0, 0.1) is 0 Å². The number of carbonyl (C=O) groups is 2. The van der Waals surface area contributed by atoms with E-state index in [1.807, 2.05) is 13.0 Å². The lowest BCUT2D eigenvalue weighted by Gasteiger charge is -2.10. The van der Waals surface area contributed by atoms with Gasteiger partial charge in [-0.2, -0.15) is 0 Å². The third-order valence-electron chi connectivity index (χ3n) is 4.15. The Morgan fingerprint density at radius 2 is 1.67 bits per heavy atom. The van der Waals surface area contributed by atoms with E-state index in [4.69, 9.17) is 4.74 Å². The lowest BCUT2D eigenvalue weighted by atomic mass is 10.0. The average molecular weight is 365 g/mol. The van der Waals surface area contributed by atoms with Crippen molar-refractivity contribution in [3.05, 3.63) is 70.8 Å². The monoisotopic (exact) mass is 365 g/mol. The van der Waals surface area contributed by atoms with Crippen LogP contribution in [-0.2, 0) is 6.42 Å². The van der Waals surface area contributed by atoms with Gasteiger partial charge in [0.15, 0.2) is 5.78 Å². The fraction of sp³-hybridized carbons (Fsp3) is 0.304. The van der Waals surface area contributed by atoms with Crippen LogP contribution < -0.4 is 4.74 Å². The summed E-state index contributed by atoms with van der Waals surface area (Å²) in [4.78, 5) is 25.9. The third-order valence-corrected chi connectivity index (χ3v) is 4.15. The first kappa shape index (κ1) is 20.4. The molecule has 4 nitrogen and oxygen atoms in total. The summed E-state index contributed by atoms with van der Waals surface area (Å²) >= 11 is 0. The fourth-order valence-corrected chi connectivity index (χ4v) is 2.76. The minimum Gasteiger partial charge on any atom is -0.493 e. The first-order chi connectivity index (χ1) is 13.0. The van der Waals surface area contributed by atoms with E-state index in [9.17, 15) is 9.59 Å². The van der Waals surface area contributed by atoms with Crippen LogP contribution in [0.2, 0.25) is 0 Å². The maximum absolute atomic E-state index is 12.5. The third kappa shape index (κ3) is 5.55. The van der Waals surface area contributed by atoms with E-state index in [1.54, 1.807) is 50.5 Å². The molecular formula is C23H27NO3. The number of amides is 1. The predicted octanol–water partition coefficient (Wildman–Crippen LogP) is 4.64. The summed E-state index contributed by atoms with van der Waals surface area (Å²) in [5.74, 6) is 0.578. The Morgan fingerprint density at radius 1 is 1.00 bits per heavy atom. The Hall–Kier alpha value is -2.88. The summed E-state index contributed by atoms with van der Waals surface area (Å²) in [7, 11) is 3.40. The number of ether oxygens (including phenoxy) is 1. The van der Waals surface area contributed by atoms with Crippen LogP contribution in [-0.4, -0.2) is 37.3 Å². The fourth-order valence-electron chi connectivity index (χ4n) is 2.76. The highest BCUT2D eigenvalue weighted by Crippen LogP contribution is 2.23. The van der Waals surface area contributed by atoms with Crippen molar-refractivity contribution in [3.63, 3.8) is 0 Å². The number of ketones is 1. The number of benzene rings is 2. The van der Waals surface area contributed by atoms with E-state index >= 15 is 0 Å². The smallest absolute Gasteiger partial charge is 0.253 e. The molecule has 2 aromatic carbocycles. The Bertz CT molecular complexity index is 820. The van der Waals surface area contributed by atoms with Crippen molar-refractivity contribution in [3.8, 4) is 5.75 Å². The molecular weight excluding hydrogens is 338 g/mol. The van der Waals surface area contributed by atoms with Crippen LogP contribution in [0.3, 0.4) is 0 Å². The summed E-state index contributed by atoms with van der Waals surface area (Å²) in [5, 5.41) is 0. The molecule has 0 aliphatic heterocycles. The maximum Gasteiger partial charge on any atom is 0.253 e. The molecule has 0 fully saturated rings. The van der Waals surface area contributed by atoms with Crippen LogP contribution in [0.25, 0.3) is 6.08 Å². The standard InChI is InChI=1S/C23H27NO3/c1-5-7-17-8-15-22(27-6-2)20(16-17)13-14-21(25)18-9-11-19(12-10-18)23(26)24(3)4/h8-16H,5-7H2,1-4H3/b14-13+. The highest BCUT2D eigenvalue weighted by molar-refractivity contribution is 6.07. The number of aryl methyl sites for hydroxylation is 1. The lowest BCUT2D eigenvalue weighted by molar-refractivity contribution is 0.0827.